The highest BCUT2D eigenvalue weighted by Gasteiger charge is 2.47. The Kier molecular flexibility index (Phi) is 47.6. The Hall–Kier alpha value is -2.02. The van der Waals surface area contributed by atoms with E-state index in [1.165, 1.54) is 205 Å². The fourth-order valence-corrected chi connectivity index (χ4v) is 10.6. The van der Waals surface area contributed by atoms with E-state index in [4.69, 9.17) is 28.4 Å². The summed E-state index contributed by atoms with van der Waals surface area (Å²) in [7, 11) is 0. The molecule has 11 atom stereocenters. The number of carbonyl (C=O) groups excluding carboxylic acids is 2. The smallest absolute Gasteiger partial charge is 0.306 e. The summed E-state index contributed by atoms with van der Waals surface area (Å²) in [6.07, 6.45) is 42.1. The van der Waals surface area contributed by atoms with Gasteiger partial charge in [-0.3, -0.25) is 9.59 Å². The van der Waals surface area contributed by atoms with Gasteiger partial charge in [-0.1, -0.05) is 237 Å². The van der Waals surface area contributed by atoms with Crippen molar-refractivity contribution in [2.75, 3.05) is 26.4 Å². The van der Waals surface area contributed by atoms with Crippen LogP contribution in [-0.2, 0) is 38.0 Å². The lowest BCUT2D eigenvalue weighted by Crippen LogP contribution is -2.61. The lowest BCUT2D eigenvalue weighted by Gasteiger charge is -2.42. The van der Waals surface area contributed by atoms with Gasteiger partial charge in [-0.05, 0) is 57.8 Å². The van der Waals surface area contributed by atoms with Gasteiger partial charge in [0.1, 0.15) is 55.4 Å². The third kappa shape index (κ3) is 37.3. The fourth-order valence-electron chi connectivity index (χ4n) is 10.6. The maximum Gasteiger partial charge on any atom is 0.306 e. The van der Waals surface area contributed by atoms with Crippen molar-refractivity contribution in [1.82, 2.24) is 0 Å². The minimum absolute atomic E-state index is 0.162. The van der Waals surface area contributed by atoms with Gasteiger partial charge in [-0.15, -0.1) is 0 Å². The maximum absolute atomic E-state index is 13.1. The largest absolute Gasteiger partial charge is 0.462 e. The molecule has 7 N–H and O–H groups in total. The summed E-state index contributed by atoms with van der Waals surface area (Å²) in [5.41, 5.74) is 0. The van der Waals surface area contributed by atoms with Crippen molar-refractivity contribution >= 4 is 11.9 Å². The van der Waals surface area contributed by atoms with Gasteiger partial charge in [-0.2, -0.15) is 0 Å². The van der Waals surface area contributed by atoms with Crippen molar-refractivity contribution in [3.8, 4) is 0 Å². The van der Waals surface area contributed by atoms with Gasteiger partial charge in [0, 0.05) is 12.8 Å². The number of unbranched alkanes of at least 4 members (excludes halogenated alkanes) is 36. The quantitative estimate of drug-likeness (QED) is 0.0171. The van der Waals surface area contributed by atoms with Gasteiger partial charge in [0.2, 0.25) is 0 Å². The molecule has 0 radical (unpaired) electrons. The molecule has 2 aliphatic rings. The summed E-state index contributed by atoms with van der Waals surface area (Å²) in [4.78, 5) is 26.0. The topological polar surface area (TPSA) is 231 Å². The number of carbonyl (C=O) groups is 2. The molecule has 0 aromatic heterocycles. The number of hydrogen-bond donors (Lipinski definition) is 7. The highest BCUT2D eigenvalue weighted by molar-refractivity contribution is 5.70. The number of rotatable bonds is 54. The Morgan fingerprint density at radius 1 is 0.388 bits per heavy atom. The molecule has 15 heteroatoms. The average Bonchev–Trinajstić information content (AvgIpc) is 3.52. The molecule has 0 amide bonds. The van der Waals surface area contributed by atoms with Crippen LogP contribution in [0.25, 0.3) is 0 Å². The SMILES string of the molecule is CCCCCCCC/C=C/CCCCCCCCCCCCCC(=O)O[C@@H](COC(=O)CCC/C=C/CCCCCCCCCCCCCCCCCCCC)CO[C@@H]1O[C@H](CO[C@@H]2O[C@H](CO)[C@H](O)C(O)C2O)[C@H](O)C(O)C1O. The minimum Gasteiger partial charge on any atom is -0.462 e. The van der Waals surface area contributed by atoms with E-state index in [0.29, 0.717) is 12.8 Å². The van der Waals surface area contributed by atoms with Gasteiger partial charge in [0.25, 0.3) is 0 Å². The normalized spacial score (nSPS) is 23.8. The second kappa shape index (κ2) is 51.4. The lowest BCUT2D eigenvalue weighted by molar-refractivity contribution is -0.332. The first kappa shape index (κ1) is 74.1. The van der Waals surface area contributed by atoms with E-state index in [1.807, 2.05) is 0 Å². The predicted octanol–water partition coefficient (Wildman–Crippen LogP) is 12.6. The van der Waals surface area contributed by atoms with E-state index in [2.05, 4.69) is 38.2 Å². The molecule has 2 rings (SSSR count). The van der Waals surface area contributed by atoms with Crippen molar-refractivity contribution in [3.05, 3.63) is 24.3 Å². The zero-order chi connectivity index (χ0) is 58.1. The molecular formula is C65H120O15. The molecule has 470 valence electrons. The third-order valence-electron chi connectivity index (χ3n) is 15.9. The molecule has 2 heterocycles. The van der Waals surface area contributed by atoms with Crippen LogP contribution in [-0.4, -0.2) is 142 Å². The second-order valence-corrected chi connectivity index (χ2v) is 23.3. The minimum atomic E-state index is -1.77. The fraction of sp³-hybridized carbons (Fsp3) is 0.908. The molecule has 0 aliphatic carbocycles. The molecule has 4 unspecified atom stereocenters. The van der Waals surface area contributed by atoms with Crippen LogP contribution in [0.15, 0.2) is 24.3 Å². The zero-order valence-corrected chi connectivity index (χ0v) is 50.6. The Labute approximate surface area is 485 Å². The van der Waals surface area contributed by atoms with Crippen LogP contribution >= 0.6 is 0 Å². The average molecular weight is 1140 g/mol. The number of aliphatic hydroxyl groups is 7. The molecule has 0 aromatic rings. The number of aliphatic hydroxyl groups excluding tert-OH is 7. The van der Waals surface area contributed by atoms with Gasteiger partial charge < -0.3 is 64.2 Å². The van der Waals surface area contributed by atoms with Crippen LogP contribution in [0.5, 0.6) is 0 Å². The summed E-state index contributed by atoms with van der Waals surface area (Å²) in [6, 6.07) is 0. The van der Waals surface area contributed by atoms with Crippen LogP contribution < -0.4 is 0 Å². The summed E-state index contributed by atoms with van der Waals surface area (Å²) in [5, 5.41) is 72.5. The van der Waals surface area contributed by atoms with E-state index < -0.39 is 92.7 Å². The summed E-state index contributed by atoms with van der Waals surface area (Å²) >= 11 is 0. The first-order valence-electron chi connectivity index (χ1n) is 32.9. The van der Waals surface area contributed by atoms with E-state index in [1.54, 1.807) is 0 Å². The number of hydrogen-bond acceptors (Lipinski definition) is 15. The van der Waals surface area contributed by atoms with Crippen molar-refractivity contribution in [3.63, 3.8) is 0 Å². The van der Waals surface area contributed by atoms with Crippen molar-refractivity contribution in [2.24, 2.45) is 0 Å². The summed E-state index contributed by atoms with van der Waals surface area (Å²) in [6.45, 7) is 2.63. The first-order valence-corrected chi connectivity index (χ1v) is 32.9. The molecule has 0 saturated carbocycles. The second-order valence-electron chi connectivity index (χ2n) is 23.3. The number of ether oxygens (including phenoxy) is 6. The Bertz CT molecular complexity index is 1480. The third-order valence-corrected chi connectivity index (χ3v) is 15.9. The number of esters is 2. The van der Waals surface area contributed by atoms with E-state index >= 15 is 0 Å². The highest BCUT2D eigenvalue weighted by atomic mass is 16.7. The standard InChI is InChI=1S/C65H120O15/c1-3-5-7-9-11-13-15-17-19-21-23-25-26-28-29-31-33-35-37-39-41-43-45-47-56(67)75-50-53(51-76-64-63(74)61(72)59(70)55(80-64)52-77-65-62(73)60(71)58(69)54(49-66)79-65)78-57(68)48-46-44-42-40-38-36-34-32-30-27-24-22-20-18-16-14-12-10-8-6-4-2/h18,20,39,41,53-55,58-66,69-74H,3-17,19,21-38,40,42-52H2,1-2H3/b20-18+,41-39+/t53-,54+,55+,58-,59-,60?,61?,62?,63?,64+,65+/m0/s1. The lowest BCUT2D eigenvalue weighted by atomic mass is 9.98. The molecule has 2 saturated heterocycles. The van der Waals surface area contributed by atoms with Gasteiger partial charge in [0.15, 0.2) is 18.7 Å². The van der Waals surface area contributed by atoms with Gasteiger partial charge in [0.05, 0.1) is 19.8 Å². The molecule has 0 aromatic carbocycles. The van der Waals surface area contributed by atoms with E-state index in [0.717, 1.165) is 38.5 Å². The summed E-state index contributed by atoms with van der Waals surface area (Å²) in [5.74, 6) is -0.947. The monoisotopic (exact) mass is 1140 g/mol. The van der Waals surface area contributed by atoms with Crippen LogP contribution in [0.1, 0.15) is 284 Å². The number of allylic oxidation sites excluding steroid dienone is 4. The summed E-state index contributed by atoms with van der Waals surface area (Å²) < 4.78 is 33.8. The predicted molar refractivity (Wildman–Crippen MR) is 317 cm³/mol. The van der Waals surface area contributed by atoms with Crippen molar-refractivity contribution < 1.29 is 73.8 Å². The van der Waals surface area contributed by atoms with Crippen LogP contribution in [0.4, 0.5) is 0 Å². The van der Waals surface area contributed by atoms with Crippen molar-refractivity contribution in [2.45, 2.75) is 351 Å². The molecule has 0 bridgehead atoms. The first-order chi connectivity index (χ1) is 39.0. The Morgan fingerprint density at radius 2 is 0.725 bits per heavy atom. The van der Waals surface area contributed by atoms with E-state index in [-0.39, 0.29) is 26.1 Å². The zero-order valence-electron chi connectivity index (χ0n) is 50.6. The maximum atomic E-state index is 13.1. The molecule has 2 aliphatic heterocycles. The molecule has 0 spiro atoms. The van der Waals surface area contributed by atoms with Gasteiger partial charge >= 0.3 is 11.9 Å². The van der Waals surface area contributed by atoms with Crippen molar-refractivity contribution in [1.29, 1.82) is 0 Å². The molecule has 80 heavy (non-hydrogen) atoms. The van der Waals surface area contributed by atoms with E-state index in [9.17, 15) is 45.3 Å². The van der Waals surface area contributed by atoms with Crippen LogP contribution in [0.3, 0.4) is 0 Å². The Balaban J connectivity index is 1.70. The molecule has 2 fully saturated rings. The molecular weight excluding hydrogens is 1020 g/mol. The molecule has 15 nitrogen and oxygen atoms in total. The highest BCUT2D eigenvalue weighted by Crippen LogP contribution is 2.27. The van der Waals surface area contributed by atoms with Crippen LogP contribution in [0, 0.1) is 0 Å². The Morgan fingerprint density at radius 3 is 1.14 bits per heavy atom. The van der Waals surface area contributed by atoms with Gasteiger partial charge in [-0.25, -0.2) is 0 Å². The van der Waals surface area contributed by atoms with Crippen LogP contribution in [0.2, 0.25) is 0 Å².